The first kappa shape index (κ1) is 15.5. The summed E-state index contributed by atoms with van der Waals surface area (Å²) < 4.78 is 0. The van der Waals surface area contributed by atoms with Gasteiger partial charge in [0.1, 0.15) is 5.82 Å². The molecule has 0 spiro atoms. The van der Waals surface area contributed by atoms with Crippen molar-refractivity contribution in [1.29, 1.82) is 0 Å². The number of nitrogens with zero attached hydrogens (tertiary/aromatic N) is 1. The van der Waals surface area contributed by atoms with E-state index >= 15 is 0 Å². The molecule has 1 amide bonds. The summed E-state index contributed by atoms with van der Waals surface area (Å²) in [4.78, 5) is 20.0. The summed E-state index contributed by atoms with van der Waals surface area (Å²) in [5.74, 6) is 0.850. The average molecular weight is 288 g/mol. The van der Waals surface area contributed by atoms with Gasteiger partial charge in [-0.15, -0.1) is 0 Å². The van der Waals surface area contributed by atoms with Crippen molar-refractivity contribution in [3.8, 4) is 0 Å². The van der Waals surface area contributed by atoms with Gasteiger partial charge in [-0.2, -0.15) is 0 Å². The standard InChI is InChI=1S/C16H24N4O/c1-15(2,3)13-19-11-7-6-10(8-12(11)20-13)18-14(21)16(4,5)9-17/h6-8H,9,17H2,1-5H3,(H,18,21)(H,19,20). The van der Waals surface area contributed by atoms with Gasteiger partial charge in [0, 0.05) is 17.6 Å². The summed E-state index contributed by atoms with van der Waals surface area (Å²) >= 11 is 0. The molecule has 5 heteroatoms. The van der Waals surface area contributed by atoms with Crippen molar-refractivity contribution in [2.45, 2.75) is 40.0 Å². The maximum absolute atomic E-state index is 12.1. The number of carbonyl (C=O) groups excluding carboxylic acids is 1. The van der Waals surface area contributed by atoms with E-state index in [4.69, 9.17) is 5.73 Å². The molecule has 5 nitrogen and oxygen atoms in total. The van der Waals surface area contributed by atoms with Gasteiger partial charge in [-0.05, 0) is 32.0 Å². The second kappa shape index (κ2) is 5.15. The van der Waals surface area contributed by atoms with Gasteiger partial charge in [0.15, 0.2) is 0 Å². The quantitative estimate of drug-likeness (QED) is 0.812. The number of amides is 1. The molecule has 0 radical (unpaired) electrons. The van der Waals surface area contributed by atoms with Crippen LogP contribution >= 0.6 is 0 Å². The number of hydrogen-bond donors (Lipinski definition) is 3. The Bertz CT molecular complexity index is 664. The van der Waals surface area contributed by atoms with Gasteiger partial charge in [-0.25, -0.2) is 4.98 Å². The van der Waals surface area contributed by atoms with Crippen LogP contribution in [-0.4, -0.2) is 22.4 Å². The summed E-state index contributed by atoms with van der Waals surface area (Å²) in [5, 5.41) is 2.91. The Hall–Kier alpha value is -1.88. The second-order valence-electron chi connectivity index (χ2n) is 7.11. The zero-order valence-electron chi connectivity index (χ0n) is 13.4. The number of fused-ring (bicyclic) bond motifs is 1. The molecule has 1 heterocycles. The molecule has 2 aromatic rings. The normalized spacial score (nSPS) is 12.7. The van der Waals surface area contributed by atoms with Crippen molar-refractivity contribution in [2.75, 3.05) is 11.9 Å². The summed E-state index contributed by atoms with van der Waals surface area (Å²) in [6.45, 7) is 10.3. The molecular weight excluding hydrogens is 264 g/mol. The first-order valence-corrected chi connectivity index (χ1v) is 7.15. The largest absolute Gasteiger partial charge is 0.341 e. The number of aromatic nitrogens is 2. The summed E-state index contributed by atoms with van der Waals surface area (Å²) in [7, 11) is 0. The predicted octanol–water partition coefficient (Wildman–Crippen LogP) is 2.78. The fourth-order valence-corrected chi connectivity index (χ4v) is 1.84. The van der Waals surface area contributed by atoms with E-state index in [1.165, 1.54) is 0 Å². The number of carbonyl (C=O) groups is 1. The number of aromatic amines is 1. The minimum Gasteiger partial charge on any atom is -0.341 e. The van der Waals surface area contributed by atoms with Crippen LogP contribution in [0.15, 0.2) is 18.2 Å². The Balaban J connectivity index is 2.29. The van der Waals surface area contributed by atoms with Crippen LogP contribution < -0.4 is 11.1 Å². The summed E-state index contributed by atoms with van der Waals surface area (Å²) in [6.07, 6.45) is 0. The number of rotatable bonds is 3. The van der Waals surface area contributed by atoms with Crippen LogP contribution in [0.25, 0.3) is 11.0 Å². The monoisotopic (exact) mass is 288 g/mol. The highest BCUT2D eigenvalue weighted by atomic mass is 16.2. The first-order valence-electron chi connectivity index (χ1n) is 7.15. The van der Waals surface area contributed by atoms with Crippen LogP contribution in [0, 0.1) is 5.41 Å². The maximum Gasteiger partial charge on any atom is 0.231 e. The third-order valence-corrected chi connectivity index (χ3v) is 3.58. The lowest BCUT2D eigenvalue weighted by atomic mass is 9.92. The number of imidazole rings is 1. The smallest absolute Gasteiger partial charge is 0.231 e. The van der Waals surface area contributed by atoms with Crippen LogP contribution in [0.5, 0.6) is 0 Å². The lowest BCUT2D eigenvalue weighted by Gasteiger charge is -2.21. The third kappa shape index (κ3) is 3.24. The van der Waals surface area contributed by atoms with E-state index in [0.717, 1.165) is 22.5 Å². The fourth-order valence-electron chi connectivity index (χ4n) is 1.84. The Morgan fingerprint density at radius 2 is 1.95 bits per heavy atom. The van der Waals surface area contributed by atoms with Gasteiger partial charge < -0.3 is 16.0 Å². The highest BCUT2D eigenvalue weighted by Crippen LogP contribution is 2.25. The van der Waals surface area contributed by atoms with Crippen LogP contribution in [0.3, 0.4) is 0 Å². The van der Waals surface area contributed by atoms with E-state index in [0.29, 0.717) is 6.54 Å². The summed E-state index contributed by atoms with van der Waals surface area (Å²) in [6, 6.07) is 5.67. The molecule has 0 aliphatic rings. The molecule has 0 saturated heterocycles. The van der Waals surface area contributed by atoms with Crippen LogP contribution in [-0.2, 0) is 10.2 Å². The molecule has 1 aromatic heterocycles. The second-order valence-corrected chi connectivity index (χ2v) is 7.11. The van der Waals surface area contributed by atoms with E-state index in [2.05, 4.69) is 36.1 Å². The summed E-state index contributed by atoms with van der Waals surface area (Å²) in [5.41, 5.74) is 7.57. The van der Waals surface area contributed by atoms with E-state index in [1.54, 1.807) is 0 Å². The van der Waals surface area contributed by atoms with Crippen molar-refractivity contribution < 1.29 is 4.79 Å². The number of nitrogens with one attached hydrogen (secondary N) is 2. The van der Waals surface area contributed by atoms with Gasteiger partial charge >= 0.3 is 0 Å². The molecule has 114 valence electrons. The first-order chi connectivity index (χ1) is 9.63. The van der Waals surface area contributed by atoms with E-state index < -0.39 is 5.41 Å². The van der Waals surface area contributed by atoms with Crippen LogP contribution in [0.2, 0.25) is 0 Å². The van der Waals surface area contributed by atoms with Gasteiger partial charge in [-0.3, -0.25) is 4.79 Å². The molecule has 0 aliphatic heterocycles. The topological polar surface area (TPSA) is 83.8 Å². The van der Waals surface area contributed by atoms with Crippen molar-refractivity contribution in [3.05, 3.63) is 24.0 Å². The Labute approximate surface area is 125 Å². The zero-order valence-corrected chi connectivity index (χ0v) is 13.4. The third-order valence-electron chi connectivity index (χ3n) is 3.58. The van der Waals surface area contributed by atoms with Gasteiger partial charge in [0.2, 0.25) is 5.91 Å². The van der Waals surface area contributed by atoms with Gasteiger partial charge in [0.25, 0.3) is 0 Å². The predicted molar refractivity (Wildman–Crippen MR) is 86.3 cm³/mol. The molecule has 2 rings (SSSR count). The van der Waals surface area contributed by atoms with Gasteiger partial charge in [0.05, 0.1) is 16.4 Å². The fraction of sp³-hybridized carbons (Fsp3) is 0.500. The molecule has 4 N–H and O–H groups in total. The van der Waals surface area contributed by atoms with Crippen molar-refractivity contribution in [1.82, 2.24) is 9.97 Å². The molecule has 0 unspecified atom stereocenters. The number of anilines is 1. The Morgan fingerprint density at radius 1 is 1.29 bits per heavy atom. The van der Waals surface area contributed by atoms with Crippen molar-refractivity contribution in [3.63, 3.8) is 0 Å². The average Bonchev–Trinajstić information content (AvgIpc) is 2.81. The molecule has 1 aromatic carbocycles. The van der Waals surface area contributed by atoms with Crippen molar-refractivity contribution in [2.24, 2.45) is 11.1 Å². The number of benzene rings is 1. The highest BCUT2D eigenvalue weighted by Gasteiger charge is 2.26. The minimum absolute atomic E-state index is 0.0377. The number of nitrogens with two attached hydrogens (primary N) is 1. The number of H-pyrrole nitrogens is 1. The lowest BCUT2D eigenvalue weighted by Crippen LogP contribution is -2.37. The van der Waals surface area contributed by atoms with E-state index in [-0.39, 0.29) is 11.3 Å². The lowest BCUT2D eigenvalue weighted by molar-refractivity contribution is -0.123. The molecule has 0 atom stereocenters. The highest BCUT2D eigenvalue weighted by molar-refractivity contribution is 5.96. The molecule has 0 fully saturated rings. The SMILES string of the molecule is CC(C)(CN)C(=O)Nc1ccc2nc(C(C)(C)C)[nH]c2c1. The molecular formula is C16H24N4O. The van der Waals surface area contributed by atoms with Gasteiger partial charge in [-0.1, -0.05) is 20.8 Å². The molecule has 21 heavy (non-hydrogen) atoms. The van der Waals surface area contributed by atoms with Crippen LogP contribution in [0.4, 0.5) is 5.69 Å². The molecule has 0 aliphatic carbocycles. The van der Waals surface area contributed by atoms with E-state index in [9.17, 15) is 4.79 Å². The van der Waals surface area contributed by atoms with Crippen LogP contribution in [0.1, 0.15) is 40.4 Å². The zero-order chi connectivity index (χ0) is 15.8. The molecule has 0 saturated carbocycles. The van der Waals surface area contributed by atoms with E-state index in [1.807, 2.05) is 32.0 Å². The Morgan fingerprint density at radius 3 is 2.52 bits per heavy atom. The molecule has 0 bridgehead atoms. The Kier molecular flexibility index (Phi) is 3.80. The maximum atomic E-state index is 12.1. The minimum atomic E-state index is -0.584. The number of hydrogen-bond acceptors (Lipinski definition) is 3. The van der Waals surface area contributed by atoms with Crippen molar-refractivity contribution >= 4 is 22.6 Å².